The van der Waals surface area contributed by atoms with E-state index in [0.29, 0.717) is 6.42 Å². The van der Waals surface area contributed by atoms with Crippen molar-refractivity contribution in [3.05, 3.63) is 65.7 Å². The fourth-order valence-electron chi connectivity index (χ4n) is 2.02. The lowest BCUT2D eigenvalue weighted by Crippen LogP contribution is -2.37. The molecule has 2 aromatic rings. The Balaban J connectivity index is 1.93. The molecule has 2 rings (SSSR count). The van der Waals surface area contributed by atoms with Gasteiger partial charge >= 0.3 is 0 Å². The average molecular weight is 268 g/mol. The number of hydrogen-bond acceptors (Lipinski definition) is 2. The van der Waals surface area contributed by atoms with Crippen LogP contribution in [0.3, 0.4) is 0 Å². The number of rotatable bonds is 5. The van der Waals surface area contributed by atoms with Crippen LogP contribution >= 0.6 is 0 Å². The Morgan fingerprint density at radius 1 is 1.05 bits per heavy atom. The second-order valence-electron chi connectivity index (χ2n) is 4.84. The molecule has 0 aliphatic rings. The van der Waals surface area contributed by atoms with E-state index in [1.807, 2.05) is 54.6 Å². The van der Waals surface area contributed by atoms with Crippen LogP contribution in [-0.4, -0.2) is 11.9 Å². The molecule has 0 aliphatic heterocycles. The molecule has 0 aliphatic carbocycles. The van der Waals surface area contributed by atoms with Gasteiger partial charge in [0.15, 0.2) is 0 Å². The molecule has 0 aromatic heterocycles. The average Bonchev–Trinajstić information content (AvgIpc) is 2.49. The van der Waals surface area contributed by atoms with Gasteiger partial charge in [-0.3, -0.25) is 4.79 Å². The lowest BCUT2D eigenvalue weighted by atomic mass is 10.1. The Kier molecular flexibility index (Phi) is 4.91. The Hall–Kier alpha value is -2.13. The highest BCUT2D eigenvalue weighted by Gasteiger charge is 2.14. The zero-order valence-corrected chi connectivity index (χ0v) is 11.7. The van der Waals surface area contributed by atoms with Gasteiger partial charge in [-0.25, -0.2) is 0 Å². The molecule has 20 heavy (non-hydrogen) atoms. The van der Waals surface area contributed by atoms with Crippen molar-refractivity contribution in [2.45, 2.75) is 25.8 Å². The van der Waals surface area contributed by atoms with Gasteiger partial charge in [0, 0.05) is 5.69 Å². The Bertz CT molecular complexity index is 549. The third-order valence-electron chi connectivity index (χ3n) is 3.26. The topological polar surface area (TPSA) is 55.1 Å². The van der Waals surface area contributed by atoms with Crippen LogP contribution in [0.25, 0.3) is 0 Å². The van der Waals surface area contributed by atoms with Gasteiger partial charge in [-0.15, -0.1) is 0 Å². The highest BCUT2D eigenvalue weighted by molar-refractivity contribution is 5.94. The van der Waals surface area contributed by atoms with Gasteiger partial charge in [-0.05, 0) is 36.1 Å². The number of carbonyl (C=O) groups excluding carboxylic acids is 1. The molecule has 3 heteroatoms. The van der Waals surface area contributed by atoms with E-state index in [0.717, 1.165) is 17.7 Å². The molecule has 0 heterocycles. The maximum absolute atomic E-state index is 12.0. The lowest BCUT2D eigenvalue weighted by Gasteiger charge is -2.12. The molecular weight excluding hydrogens is 248 g/mol. The molecule has 1 amide bonds. The minimum atomic E-state index is -0.539. The normalized spacial score (nSPS) is 11.9. The number of amides is 1. The van der Waals surface area contributed by atoms with E-state index in [1.54, 1.807) is 0 Å². The Morgan fingerprint density at radius 2 is 1.70 bits per heavy atom. The first-order chi connectivity index (χ1) is 9.69. The van der Waals surface area contributed by atoms with Gasteiger partial charge in [0.1, 0.15) is 0 Å². The maximum Gasteiger partial charge on any atom is 0.241 e. The summed E-state index contributed by atoms with van der Waals surface area (Å²) in [6, 6.07) is 17.1. The SMILES string of the molecule is CCc1ccc(NC(=O)[C@@H](N)Cc2ccccc2)cc1. The van der Waals surface area contributed by atoms with Gasteiger partial charge in [0.05, 0.1) is 6.04 Å². The van der Waals surface area contributed by atoms with Crippen molar-refractivity contribution in [2.24, 2.45) is 5.73 Å². The van der Waals surface area contributed by atoms with Crippen molar-refractivity contribution in [1.29, 1.82) is 0 Å². The van der Waals surface area contributed by atoms with Crippen molar-refractivity contribution in [3.63, 3.8) is 0 Å². The summed E-state index contributed by atoms with van der Waals surface area (Å²) in [6.07, 6.45) is 1.53. The number of nitrogens with two attached hydrogens (primary N) is 1. The highest BCUT2D eigenvalue weighted by Crippen LogP contribution is 2.11. The smallest absolute Gasteiger partial charge is 0.241 e. The van der Waals surface area contributed by atoms with Gasteiger partial charge in [-0.2, -0.15) is 0 Å². The molecule has 0 bridgehead atoms. The molecule has 3 N–H and O–H groups in total. The summed E-state index contributed by atoms with van der Waals surface area (Å²) in [5, 5.41) is 2.85. The van der Waals surface area contributed by atoms with Crippen LogP contribution < -0.4 is 11.1 Å². The number of aryl methyl sites for hydroxylation is 1. The van der Waals surface area contributed by atoms with Gasteiger partial charge in [0.25, 0.3) is 0 Å². The van der Waals surface area contributed by atoms with E-state index in [9.17, 15) is 4.79 Å². The van der Waals surface area contributed by atoms with Crippen molar-refractivity contribution in [2.75, 3.05) is 5.32 Å². The summed E-state index contributed by atoms with van der Waals surface area (Å²) in [7, 11) is 0. The fourth-order valence-corrected chi connectivity index (χ4v) is 2.02. The standard InChI is InChI=1S/C17H20N2O/c1-2-13-8-10-15(11-9-13)19-17(20)16(18)12-14-6-4-3-5-7-14/h3-11,16H,2,12,18H2,1H3,(H,19,20)/t16-/m0/s1. The quantitative estimate of drug-likeness (QED) is 0.876. The summed E-state index contributed by atoms with van der Waals surface area (Å²) < 4.78 is 0. The third-order valence-corrected chi connectivity index (χ3v) is 3.26. The molecule has 1 atom stereocenters. The second-order valence-corrected chi connectivity index (χ2v) is 4.84. The van der Waals surface area contributed by atoms with E-state index in [4.69, 9.17) is 5.73 Å². The maximum atomic E-state index is 12.0. The van der Waals surface area contributed by atoms with E-state index in [1.165, 1.54) is 5.56 Å². The summed E-state index contributed by atoms with van der Waals surface area (Å²) in [5.74, 6) is -0.155. The van der Waals surface area contributed by atoms with E-state index in [-0.39, 0.29) is 5.91 Å². The van der Waals surface area contributed by atoms with Crippen LogP contribution in [0.15, 0.2) is 54.6 Å². The number of carbonyl (C=O) groups is 1. The van der Waals surface area contributed by atoms with Crippen molar-refractivity contribution in [3.8, 4) is 0 Å². The number of benzene rings is 2. The minimum Gasteiger partial charge on any atom is -0.325 e. The van der Waals surface area contributed by atoms with Crippen molar-refractivity contribution >= 4 is 11.6 Å². The largest absolute Gasteiger partial charge is 0.325 e. The van der Waals surface area contributed by atoms with Gasteiger partial charge < -0.3 is 11.1 Å². The first-order valence-electron chi connectivity index (χ1n) is 6.88. The molecule has 3 nitrogen and oxygen atoms in total. The van der Waals surface area contributed by atoms with Gasteiger partial charge in [0.2, 0.25) is 5.91 Å². The minimum absolute atomic E-state index is 0.155. The third kappa shape index (κ3) is 3.93. The number of anilines is 1. The van der Waals surface area contributed by atoms with Crippen LogP contribution in [0.4, 0.5) is 5.69 Å². The summed E-state index contributed by atoms with van der Waals surface area (Å²) in [4.78, 5) is 12.0. The van der Waals surface area contributed by atoms with Crippen LogP contribution in [0, 0.1) is 0 Å². The van der Waals surface area contributed by atoms with Gasteiger partial charge in [-0.1, -0.05) is 49.4 Å². The Labute approximate surface area is 119 Å². The first kappa shape index (κ1) is 14.3. The molecule has 0 saturated heterocycles. The molecule has 0 radical (unpaired) electrons. The fraction of sp³-hybridized carbons (Fsp3) is 0.235. The molecular formula is C17H20N2O. The highest BCUT2D eigenvalue weighted by atomic mass is 16.2. The zero-order chi connectivity index (χ0) is 14.4. The van der Waals surface area contributed by atoms with Crippen LogP contribution in [0.2, 0.25) is 0 Å². The predicted octanol–water partition coefficient (Wildman–Crippen LogP) is 2.76. The Morgan fingerprint density at radius 3 is 2.30 bits per heavy atom. The van der Waals surface area contributed by atoms with E-state index < -0.39 is 6.04 Å². The molecule has 0 saturated carbocycles. The predicted molar refractivity (Wildman–Crippen MR) is 82.6 cm³/mol. The zero-order valence-electron chi connectivity index (χ0n) is 11.7. The summed E-state index contributed by atoms with van der Waals surface area (Å²) >= 11 is 0. The molecule has 0 spiro atoms. The second kappa shape index (κ2) is 6.87. The molecule has 0 unspecified atom stereocenters. The van der Waals surface area contributed by atoms with E-state index in [2.05, 4.69) is 12.2 Å². The van der Waals surface area contributed by atoms with Crippen LogP contribution in [-0.2, 0) is 17.6 Å². The lowest BCUT2D eigenvalue weighted by molar-refractivity contribution is -0.117. The van der Waals surface area contributed by atoms with Crippen molar-refractivity contribution < 1.29 is 4.79 Å². The first-order valence-corrected chi connectivity index (χ1v) is 6.88. The monoisotopic (exact) mass is 268 g/mol. The molecule has 2 aromatic carbocycles. The van der Waals surface area contributed by atoms with E-state index >= 15 is 0 Å². The number of hydrogen-bond donors (Lipinski definition) is 2. The van der Waals surface area contributed by atoms with Crippen LogP contribution in [0.1, 0.15) is 18.1 Å². The molecule has 0 fully saturated rings. The summed E-state index contributed by atoms with van der Waals surface area (Å²) in [6.45, 7) is 2.10. The number of nitrogens with one attached hydrogen (secondary N) is 1. The van der Waals surface area contributed by atoms with Crippen molar-refractivity contribution in [1.82, 2.24) is 0 Å². The van der Waals surface area contributed by atoms with Crippen LogP contribution in [0.5, 0.6) is 0 Å². The summed E-state index contributed by atoms with van der Waals surface area (Å²) in [5.41, 5.74) is 9.04. The molecule has 104 valence electrons.